The Morgan fingerprint density at radius 1 is 1.10 bits per heavy atom. The third-order valence-corrected chi connectivity index (χ3v) is 6.05. The molecule has 1 unspecified atom stereocenters. The molecule has 1 heterocycles. The highest BCUT2D eigenvalue weighted by Crippen LogP contribution is 2.29. The zero-order valence-electron chi connectivity index (χ0n) is 16.1. The van der Waals surface area contributed by atoms with Crippen LogP contribution in [0.4, 0.5) is 0 Å². The van der Waals surface area contributed by atoms with Crippen molar-refractivity contribution >= 4 is 33.2 Å². The Balaban J connectivity index is 1.96. The normalized spacial score (nSPS) is 13.2. The van der Waals surface area contributed by atoms with Crippen LogP contribution in [0.5, 0.6) is 0 Å². The second kappa shape index (κ2) is 10.6. The van der Waals surface area contributed by atoms with E-state index in [1.165, 1.54) is 11.3 Å². The topological polar surface area (TPSA) is 62.7 Å². The Labute approximate surface area is 183 Å². The second-order valence-corrected chi connectivity index (χ2v) is 8.23. The summed E-state index contributed by atoms with van der Waals surface area (Å²) in [7, 11) is 0. The molecule has 0 bridgehead atoms. The molecule has 0 spiro atoms. The first kappa shape index (κ1) is 21.6. The summed E-state index contributed by atoms with van der Waals surface area (Å²) in [4.78, 5) is 19.2. The van der Waals surface area contributed by atoms with Gasteiger partial charge in [-0.2, -0.15) is 0 Å². The molecule has 0 aliphatic rings. The predicted octanol–water partition coefficient (Wildman–Crippen LogP) is 4.57. The number of esters is 1. The minimum Gasteiger partial charge on any atom is -0.465 e. The lowest BCUT2D eigenvalue weighted by Gasteiger charge is -2.32. The van der Waals surface area contributed by atoms with E-state index in [2.05, 4.69) is 20.9 Å². The molecule has 0 saturated heterocycles. The highest BCUT2D eigenvalue weighted by atomic mass is 79.9. The van der Waals surface area contributed by atoms with E-state index in [0.717, 1.165) is 11.1 Å². The largest absolute Gasteiger partial charge is 0.465 e. The van der Waals surface area contributed by atoms with Crippen molar-refractivity contribution in [3.05, 3.63) is 86.8 Å². The van der Waals surface area contributed by atoms with Crippen LogP contribution >= 0.6 is 27.3 Å². The van der Waals surface area contributed by atoms with E-state index in [0.29, 0.717) is 22.7 Å². The van der Waals surface area contributed by atoms with Gasteiger partial charge >= 0.3 is 5.97 Å². The average molecular weight is 475 g/mol. The maximum Gasteiger partial charge on any atom is 0.326 e. The highest BCUT2D eigenvalue weighted by Gasteiger charge is 2.36. The monoisotopic (exact) mass is 474 g/mol. The third kappa shape index (κ3) is 5.96. The molecular formula is C22H23BrN2O3S. The van der Waals surface area contributed by atoms with Crippen LogP contribution in [-0.4, -0.2) is 33.6 Å². The molecule has 3 rings (SSSR count). The van der Waals surface area contributed by atoms with Gasteiger partial charge in [0.25, 0.3) is 0 Å². The standard InChI is InChI=1S/C22H23BrN2O3S/c1-2-28-22(27)19(20(26)21-24-18(23)15-29-21)25(13-16-9-5-3-6-10-16)14-17-11-7-4-8-12-17/h3-12,15,19-20,26H,2,13-14H2,1H3/t19?,20-/m0/s1. The smallest absolute Gasteiger partial charge is 0.326 e. The van der Waals surface area contributed by atoms with Gasteiger partial charge in [-0.25, -0.2) is 4.98 Å². The van der Waals surface area contributed by atoms with Gasteiger partial charge in [0.15, 0.2) is 0 Å². The highest BCUT2D eigenvalue weighted by molar-refractivity contribution is 9.10. The second-order valence-electron chi connectivity index (χ2n) is 6.53. The number of carbonyl (C=O) groups is 1. The van der Waals surface area contributed by atoms with Crippen LogP contribution < -0.4 is 0 Å². The lowest BCUT2D eigenvalue weighted by Crippen LogP contribution is -2.45. The Morgan fingerprint density at radius 3 is 2.10 bits per heavy atom. The molecule has 5 nitrogen and oxygen atoms in total. The van der Waals surface area contributed by atoms with E-state index >= 15 is 0 Å². The fourth-order valence-electron chi connectivity index (χ4n) is 3.13. The first-order chi connectivity index (χ1) is 14.1. The summed E-state index contributed by atoms with van der Waals surface area (Å²) in [5.74, 6) is -0.460. The summed E-state index contributed by atoms with van der Waals surface area (Å²) in [6.07, 6.45) is -1.10. The fraction of sp³-hybridized carbons (Fsp3) is 0.273. The van der Waals surface area contributed by atoms with Crippen molar-refractivity contribution in [2.75, 3.05) is 6.61 Å². The van der Waals surface area contributed by atoms with Crippen molar-refractivity contribution in [3.63, 3.8) is 0 Å². The number of benzene rings is 2. The molecule has 0 radical (unpaired) electrons. The number of carbonyl (C=O) groups excluding carboxylic acids is 1. The summed E-state index contributed by atoms with van der Waals surface area (Å²) < 4.78 is 5.97. The van der Waals surface area contributed by atoms with E-state index < -0.39 is 18.1 Å². The summed E-state index contributed by atoms with van der Waals surface area (Å²) in [5.41, 5.74) is 2.09. The Kier molecular flexibility index (Phi) is 7.94. The number of aliphatic hydroxyl groups excluding tert-OH is 1. The molecule has 152 valence electrons. The van der Waals surface area contributed by atoms with Crippen LogP contribution in [-0.2, 0) is 22.6 Å². The molecule has 2 aromatic carbocycles. The molecule has 29 heavy (non-hydrogen) atoms. The molecule has 1 aromatic heterocycles. The van der Waals surface area contributed by atoms with Crippen LogP contribution in [0.3, 0.4) is 0 Å². The Hall–Kier alpha value is -2.06. The van der Waals surface area contributed by atoms with Gasteiger partial charge < -0.3 is 9.84 Å². The lowest BCUT2D eigenvalue weighted by atomic mass is 10.1. The van der Waals surface area contributed by atoms with Crippen LogP contribution in [0, 0.1) is 0 Å². The third-order valence-electron chi connectivity index (χ3n) is 4.42. The summed E-state index contributed by atoms with van der Waals surface area (Å²) in [5, 5.41) is 13.4. The maximum atomic E-state index is 12.9. The lowest BCUT2D eigenvalue weighted by molar-refractivity contribution is -0.155. The van der Waals surface area contributed by atoms with Crippen molar-refractivity contribution in [3.8, 4) is 0 Å². The van der Waals surface area contributed by atoms with Crippen molar-refractivity contribution in [1.29, 1.82) is 0 Å². The van der Waals surface area contributed by atoms with E-state index in [1.54, 1.807) is 12.3 Å². The van der Waals surface area contributed by atoms with Crippen LogP contribution in [0.2, 0.25) is 0 Å². The minimum atomic E-state index is -1.10. The molecular weight excluding hydrogens is 452 g/mol. The molecule has 3 aromatic rings. The number of nitrogens with zero attached hydrogens (tertiary/aromatic N) is 2. The Morgan fingerprint density at radius 2 is 1.66 bits per heavy atom. The quantitative estimate of drug-likeness (QED) is 0.460. The molecule has 0 aliphatic heterocycles. The van der Waals surface area contributed by atoms with E-state index in [9.17, 15) is 9.90 Å². The van der Waals surface area contributed by atoms with Crippen LogP contribution in [0.15, 0.2) is 70.6 Å². The van der Waals surface area contributed by atoms with Gasteiger partial charge in [0.05, 0.1) is 6.61 Å². The fourth-order valence-corrected chi connectivity index (χ4v) is 4.41. The number of aliphatic hydroxyl groups is 1. The van der Waals surface area contributed by atoms with Crippen molar-refractivity contribution < 1.29 is 14.6 Å². The summed E-state index contributed by atoms with van der Waals surface area (Å²) >= 11 is 4.63. The molecule has 0 saturated carbocycles. The van der Waals surface area contributed by atoms with Crippen LogP contribution in [0.1, 0.15) is 29.2 Å². The zero-order chi connectivity index (χ0) is 20.6. The van der Waals surface area contributed by atoms with Crippen molar-refractivity contribution in [1.82, 2.24) is 9.88 Å². The SMILES string of the molecule is CCOC(=O)C([C@H](O)c1nc(Br)cs1)N(Cc1ccccc1)Cc1ccccc1. The summed E-state index contributed by atoms with van der Waals surface area (Å²) in [6.45, 7) is 2.99. The molecule has 1 N–H and O–H groups in total. The number of thiazole rings is 1. The van der Waals surface area contributed by atoms with Crippen molar-refractivity contribution in [2.24, 2.45) is 0 Å². The van der Waals surface area contributed by atoms with Gasteiger partial charge in [-0.05, 0) is 34.0 Å². The number of aromatic nitrogens is 1. The average Bonchev–Trinajstić information content (AvgIpc) is 3.16. The van der Waals surface area contributed by atoms with Gasteiger partial charge in [-0.3, -0.25) is 9.69 Å². The Bertz CT molecular complexity index is 863. The number of ether oxygens (including phenoxy) is 1. The number of halogens is 1. The van der Waals surface area contributed by atoms with Gasteiger partial charge in [-0.15, -0.1) is 11.3 Å². The summed E-state index contributed by atoms with van der Waals surface area (Å²) in [6, 6.07) is 18.9. The first-order valence-corrected chi connectivity index (χ1v) is 11.0. The van der Waals surface area contributed by atoms with E-state index in [-0.39, 0.29) is 6.61 Å². The van der Waals surface area contributed by atoms with E-state index in [1.807, 2.05) is 65.6 Å². The molecule has 0 aliphatic carbocycles. The maximum absolute atomic E-state index is 12.9. The molecule has 2 atom stereocenters. The van der Waals surface area contributed by atoms with Gasteiger partial charge in [0.2, 0.25) is 0 Å². The molecule has 7 heteroatoms. The number of rotatable bonds is 9. The number of hydrogen-bond acceptors (Lipinski definition) is 6. The number of hydrogen-bond donors (Lipinski definition) is 1. The van der Waals surface area contributed by atoms with Crippen LogP contribution in [0.25, 0.3) is 0 Å². The van der Waals surface area contributed by atoms with Gasteiger partial charge in [0, 0.05) is 18.5 Å². The van der Waals surface area contributed by atoms with Gasteiger partial charge in [0.1, 0.15) is 21.8 Å². The zero-order valence-corrected chi connectivity index (χ0v) is 18.5. The first-order valence-electron chi connectivity index (χ1n) is 9.36. The molecule has 0 fully saturated rings. The minimum absolute atomic E-state index is 0.244. The van der Waals surface area contributed by atoms with Crippen molar-refractivity contribution in [2.45, 2.75) is 32.2 Å². The van der Waals surface area contributed by atoms with E-state index in [4.69, 9.17) is 4.74 Å². The predicted molar refractivity (Wildman–Crippen MR) is 117 cm³/mol. The molecule has 0 amide bonds. The van der Waals surface area contributed by atoms with Gasteiger partial charge in [-0.1, -0.05) is 60.7 Å².